The molecule has 1 fully saturated rings. The van der Waals surface area contributed by atoms with Crippen molar-refractivity contribution in [3.63, 3.8) is 0 Å². The molecule has 0 aliphatic carbocycles. The molecule has 1 amide bonds. The monoisotopic (exact) mass is 384 g/mol. The summed E-state index contributed by atoms with van der Waals surface area (Å²) in [5.74, 6) is 1.82. The van der Waals surface area contributed by atoms with Gasteiger partial charge in [0.05, 0.1) is 18.6 Å². The number of nitrogens with one attached hydrogen (secondary N) is 1. The van der Waals surface area contributed by atoms with Crippen LogP contribution in [0.25, 0.3) is 0 Å². The molecule has 1 unspecified atom stereocenters. The number of carbonyl (C=O) groups excluding carboxylic acids is 1. The first-order valence-electron chi connectivity index (χ1n) is 8.92. The molecule has 1 N–H and O–H groups in total. The highest BCUT2D eigenvalue weighted by molar-refractivity contribution is 7.91. The average Bonchev–Trinajstić information content (AvgIpc) is 2.98. The quantitative estimate of drug-likeness (QED) is 0.608. The fourth-order valence-corrected chi connectivity index (χ4v) is 4.77. The van der Waals surface area contributed by atoms with E-state index in [-0.39, 0.29) is 23.5 Å². The number of hydrogen-bond donors (Lipinski definition) is 1. The lowest BCUT2D eigenvalue weighted by molar-refractivity contribution is -0.132. The van der Waals surface area contributed by atoms with Gasteiger partial charge in [-0.05, 0) is 37.6 Å². The summed E-state index contributed by atoms with van der Waals surface area (Å²) in [6.45, 7) is 4.10. The van der Waals surface area contributed by atoms with Crippen molar-refractivity contribution in [1.29, 1.82) is 0 Å². The summed E-state index contributed by atoms with van der Waals surface area (Å²) in [6.07, 6.45) is 0.901. The molecule has 1 heterocycles. The molecule has 2 rings (SSSR count). The average molecular weight is 384 g/mol. The molecule has 8 heteroatoms. The molecule has 1 aromatic carbocycles. The van der Waals surface area contributed by atoms with Crippen LogP contribution in [0, 0.1) is 0 Å². The largest absolute Gasteiger partial charge is 0.497 e. The lowest BCUT2D eigenvalue weighted by Crippen LogP contribution is -2.42. The van der Waals surface area contributed by atoms with E-state index < -0.39 is 9.84 Å². The van der Waals surface area contributed by atoms with E-state index in [4.69, 9.17) is 9.47 Å². The first kappa shape index (κ1) is 20.5. The number of methoxy groups -OCH3 is 1. The third kappa shape index (κ3) is 6.17. The van der Waals surface area contributed by atoms with Crippen LogP contribution in [0.15, 0.2) is 24.3 Å². The first-order valence-corrected chi connectivity index (χ1v) is 10.7. The molecule has 0 bridgehead atoms. The molecule has 1 atom stereocenters. The van der Waals surface area contributed by atoms with E-state index in [9.17, 15) is 13.2 Å². The molecule has 1 aliphatic heterocycles. The molecule has 1 saturated heterocycles. The minimum atomic E-state index is -2.98. The Bertz CT molecular complexity index is 675. The molecule has 0 spiro atoms. The second-order valence-electron chi connectivity index (χ2n) is 6.26. The van der Waals surface area contributed by atoms with E-state index in [1.54, 1.807) is 12.0 Å². The van der Waals surface area contributed by atoms with Gasteiger partial charge in [0, 0.05) is 32.1 Å². The Balaban J connectivity index is 1.63. The first-order chi connectivity index (χ1) is 12.4. The van der Waals surface area contributed by atoms with Crippen molar-refractivity contribution in [2.24, 2.45) is 0 Å². The molecule has 0 radical (unpaired) electrons. The van der Waals surface area contributed by atoms with Crippen molar-refractivity contribution in [3.05, 3.63) is 24.3 Å². The summed E-state index contributed by atoms with van der Waals surface area (Å²) in [5, 5.41) is 3.18. The Morgan fingerprint density at radius 3 is 2.50 bits per heavy atom. The van der Waals surface area contributed by atoms with E-state index >= 15 is 0 Å². The Morgan fingerprint density at radius 1 is 1.23 bits per heavy atom. The molecule has 26 heavy (non-hydrogen) atoms. The van der Waals surface area contributed by atoms with Crippen molar-refractivity contribution in [1.82, 2.24) is 10.2 Å². The number of hydrogen-bond acceptors (Lipinski definition) is 6. The molecule has 1 aromatic rings. The normalized spacial score (nSPS) is 18.5. The number of nitrogens with zero attached hydrogens (tertiary/aromatic N) is 1. The van der Waals surface area contributed by atoms with E-state index in [2.05, 4.69) is 5.32 Å². The Morgan fingerprint density at radius 2 is 1.92 bits per heavy atom. The Hall–Kier alpha value is -1.80. The number of amides is 1. The molecule has 146 valence electrons. The van der Waals surface area contributed by atoms with Crippen molar-refractivity contribution in [3.8, 4) is 11.5 Å². The van der Waals surface area contributed by atoms with Gasteiger partial charge in [-0.25, -0.2) is 8.42 Å². The van der Waals surface area contributed by atoms with Gasteiger partial charge >= 0.3 is 0 Å². The van der Waals surface area contributed by atoms with Crippen LogP contribution in [-0.4, -0.2) is 70.1 Å². The molecular weight excluding hydrogens is 356 g/mol. The van der Waals surface area contributed by atoms with E-state index in [1.807, 2.05) is 31.2 Å². The second kappa shape index (κ2) is 9.78. The molecule has 0 saturated carbocycles. The molecule has 0 aromatic heterocycles. The molecule has 1 aliphatic rings. The highest BCUT2D eigenvalue weighted by Crippen LogP contribution is 2.18. The van der Waals surface area contributed by atoms with E-state index in [0.717, 1.165) is 11.5 Å². The van der Waals surface area contributed by atoms with Gasteiger partial charge in [0.1, 0.15) is 18.1 Å². The van der Waals surface area contributed by atoms with Crippen LogP contribution in [0.3, 0.4) is 0 Å². The fraction of sp³-hybridized carbons (Fsp3) is 0.611. The second-order valence-corrected chi connectivity index (χ2v) is 8.49. The molecular formula is C18H28N2O5S. The van der Waals surface area contributed by atoms with Gasteiger partial charge in [-0.15, -0.1) is 0 Å². The summed E-state index contributed by atoms with van der Waals surface area (Å²) in [4.78, 5) is 14.0. The maximum atomic E-state index is 12.3. The zero-order valence-electron chi connectivity index (χ0n) is 15.4. The number of sulfone groups is 1. The number of rotatable bonds is 10. The number of ether oxygens (including phenoxy) is 2. The van der Waals surface area contributed by atoms with Crippen LogP contribution in [0.5, 0.6) is 11.5 Å². The van der Waals surface area contributed by atoms with Crippen LogP contribution >= 0.6 is 0 Å². The topological polar surface area (TPSA) is 84.9 Å². The number of carbonyl (C=O) groups is 1. The van der Waals surface area contributed by atoms with E-state index in [1.165, 1.54) is 0 Å². The van der Waals surface area contributed by atoms with Gasteiger partial charge in [0.2, 0.25) is 5.91 Å². The predicted octanol–water partition coefficient (Wildman–Crippen LogP) is 1.09. The summed E-state index contributed by atoms with van der Waals surface area (Å²) >= 11 is 0. The van der Waals surface area contributed by atoms with Crippen molar-refractivity contribution in [2.75, 3.05) is 44.9 Å². The summed E-state index contributed by atoms with van der Waals surface area (Å²) in [6, 6.07) is 7.19. The van der Waals surface area contributed by atoms with Gasteiger partial charge in [-0.1, -0.05) is 0 Å². The lowest BCUT2D eigenvalue weighted by Gasteiger charge is -2.27. The van der Waals surface area contributed by atoms with Crippen molar-refractivity contribution in [2.45, 2.75) is 25.8 Å². The zero-order chi connectivity index (χ0) is 19.0. The van der Waals surface area contributed by atoms with Gasteiger partial charge < -0.3 is 19.7 Å². The van der Waals surface area contributed by atoms with Crippen LogP contribution in [0.4, 0.5) is 0 Å². The van der Waals surface area contributed by atoms with Crippen LogP contribution in [0.2, 0.25) is 0 Å². The van der Waals surface area contributed by atoms with Crippen molar-refractivity contribution >= 4 is 15.7 Å². The standard InChI is InChI=1S/C18H28N2O5S/c1-3-20(15-9-13-26(22,23)14-15)18(21)8-10-19-11-12-25-17-6-4-16(24-2)5-7-17/h4-7,15,19H,3,8-14H2,1-2H3. The van der Waals surface area contributed by atoms with Gasteiger partial charge in [0.25, 0.3) is 0 Å². The minimum Gasteiger partial charge on any atom is -0.497 e. The summed E-state index contributed by atoms with van der Waals surface area (Å²) < 4.78 is 33.9. The lowest BCUT2D eigenvalue weighted by atomic mass is 10.2. The Kier molecular flexibility index (Phi) is 7.71. The third-order valence-corrected chi connectivity index (χ3v) is 6.18. The maximum absolute atomic E-state index is 12.3. The highest BCUT2D eigenvalue weighted by Gasteiger charge is 2.33. The van der Waals surface area contributed by atoms with Crippen LogP contribution < -0.4 is 14.8 Å². The van der Waals surface area contributed by atoms with E-state index in [0.29, 0.717) is 39.1 Å². The van der Waals surface area contributed by atoms with Gasteiger partial charge in [-0.2, -0.15) is 0 Å². The fourth-order valence-electron chi connectivity index (χ4n) is 3.04. The minimum absolute atomic E-state index is 0.00169. The Labute approximate surface area is 155 Å². The maximum Gasteiger partial charge on any atom is 0.224 e. The SMILES string of the molecule is CCN(C(=O)CCNCCOc1ccc(OC)cc1)C1CCS(=O)(=O)C1. The smallest absolute Gasteiger partial charge is 0.224 e. The molecule has 7 nitrogen and oxygen atoms in total. The van der Waals surface area contributed by atoms with Gasteiger partial charge in [-0.3, -0.25) is 4.79 Å². The summed E-state index contributed by atoms with van der Waals surface area (Å²) in [5.41, 5.74) is 0. The summed E-state index contributed by atoms with van der Waals surface area (Å²) in [7, 11) is -1.36. The van der Waals surface area contributed by atoms with Crippen molar-refractivity contribution < 1.29 is 22.7 Å². The van der Waals surface area contributed by atoms with Gasteiger partial charge in [0.15, 0.2) is 9.84 Å². The number of benzene rings is 1. The zero-order valence-corrected chi connectivity index (χ0v) is 16.3. The highest BCUT2D eigenvalue weighted by atomic mass is 32.2. The van der Waals surface area contributed by atoms with Crippen LogP contribution in [-0.2, 0) is 14.6 Å². The van der Waals surface area contributed by atoms with Crippen LogP contribution in [0.1, 0.15) is 19.8 Å². The third-order valence-electron chi connectivity index (χ3n) is 4.43. The predicted molar refractivity (Wildman–Crippen MR) is 100 cm³/mol.